The maximum Gasteiger partial charge on any atom is 0.189 e. The van der Waals surface area contributed by atoms with Gasteiger partial charge in [-0.15, -0.1) is 0 Å². The second kappa shape index (κ2) is 11.2. The van der Waals surface area contributed by atoms with E-state index >= 15 is 0 Å². The lowest BCUT2D eigenvalue weighted by Gasteiger charge is -2.38. The number of benzene rings is 3. The Morgan fingerprint density at radius 1 is 1.15 bits per heavy atom. The van der Waals surface area contributed by atoms with E-state index < -0.39 is 0 Å². The molecule has 1 aliphatic heterocycles. The Morgan fingerprint density at radius 3 is 2.59 bits per heavy atom. The number of fused-ring (bicyclic) bond motifs is 3. The van der Waals surface area contributed by atoms with Gasteiger partial charge in [-0.3, -0.25) is 4.68 Å². The van der Waals surface area contributed by atoms with Gasteiger partial charge in [0.05, 0.1) is 23.3 Å². The van der Waals surface area contributed by atoms with Crippen LogP contribution in [0.15, 0.2) is 79.2 Å². The second-order valence-corrected chi connectivity index (χ2v) is 10.5. The lowest BCUT2D eigenvalue weighted by molar-refractivity contribution is 0.172. The Bertz CT molecular complexity index is 1510. The molecule has 0 fully saturated rings. The first-order chi connectivity index (χ1) is 18.9. The summed E-state index contributed by atoms with van der Waals surface area (Å²) >= 11 is 0. The molecule has 39 heavy (non-hydrogen) atoms. The number of aromatic nitrogens is 1. The molecule has 0 radical (unpaired) electrons. The summed E-state index contributed by atoms with van der Waals surface area (Å²) in [5.74, 6) is 8.70. The van der Waals surface area contributed by atoms with E-state index in [1.54, 1.807) is 16.8 Å². The molecule has 0 bridgehead atoms. The predicted octanol–water partition coefficient (Wildman–Crippen LogP) is 6.74. The largest absolute Gasteiger partial charge is 0.508 e. The number of phenols is 1. The molecular weight excluding hydrogens is 484 g/mol. The molecule has 3 aromatic carbocycles. The molecule has 5 rings (SSSR count). The Hall–Kier alpha value is -4.37. The van der Waals surface area contributed by atoms with Gasteiger partial charge >= 0.3 is 0 Å². The molecule has 0 spiro atoms. The number of nitrogens with two attached hydrogens (primary N) is 1. The van der Waals surface area contributed by atoms with Gasteiger partial charge in [0.25, 0.3) is 0 Å². The van der Waals surface area contributed by atoms with Gasteiger partial charge in [0.15, 0.2) is 5.88 Å². The van der Waals surface area contributed by atoms with E-state index in [1.165, 1.54) is 11.1 Å². The van der Waals surface area contributed by atoms with Crippen LogP contribution in [0.2, 0.25) is 0 Å². The highest BCUT2D eigenvalue weighted by molar-refractivity contribution is 5.87. The minimum atomic E-state index is -0.206. The van der Waals surface area contributed by atoms with Gasteiger partial charge in [0.2, 0.25) is 0 Å². The topological polar surface area (TPSA) is 87.4 Å². The summed E-state index contributed by atoms with van der Waals surface area (Å²) in [6.45, 7) is 9.22. The lowest BCUT2D eigenvalue weighted by Crippen LogP contribution is -2.38. The van der Waals surface area contributed by atoms with Crippen LogP contribution < -0.4 is 10.6 Å². The van der Waals surface area contributed by atoms with E-state index in [2.05, 4.69) is 48.7 Å². The van der Waals surface area contributed by atoms with Gasteiger partial charge in [-0.2, -0.15) is 5.26 Å². The van der Waals surface area contributed by atoms with Gasteiger partial charge in [-0.1, -0.05) is 55.3 Å². The van der Waals surface area contributed by atoms with Crippen LogP contribution in [0.3, 0.4) is 0 Å². The number of aryl methyl sites for hydroxylation is 2. The van der Waals surface area contributed by atoms with Gasteiger partial charge in [-0.05, 0) is 85.7 Å². The number of phenolic OH excluding ortho intramolecular Hbond substituents is 1. The Kier molecular flexibility index (Phi) is 7.51. The van der Waals surface area contributed by atoms with Crippen molar-refractivity contribution in [3.63, 3.8) is 0 Å². The maximum atomic E-state index is 10.2. The van der Waals surface area contributed by atoms with Crippen molar-refractivity contribution in [2.75, 3.05) is 12.4 Å². The number of nitriles is 1. The number of aromatic hydroxyl groups is 1. The van der Waals surface area contributed by atoms with Crippen molar-refractivity contribution in [3.05, 3.63) is 107 Å². The van der Waals surface area contributed by atoms with Crippen LogP contribution in [0.5, 0.6) is 11.5 Å². The first kappa shape index (κ1) is 26.2. The zero-order chi connectivity index (χ0) is 27.5. The van der Waals surface area contributed by atoms with Crippen LogP contribution in [-0.2, 0) is 12.8 Å². The van der Waals surface area contributed by atoms with Crippen LogP contribution >= 0.6 is 0 Å². The van der Waals surface area contributed by atoms with Gasteiger partial charge in [-0.25, -0.2) is 0 Å². The molecule has 6 heteroatoms. The molecule has 2 heterocycles. The van der Waals surface area contributed by atoms with Gasteiger partial charge < -0.3 is 20.6 Å². The highest BCUT2D eigenvalue weighted by Gasteiger charge is 2.35. The van der Waals surface area contributed by atoms with Crippen molar-refractivity contribution in [1.29, 1.82) is 5.26 Å². The first-order valence-electron chi connectivity index (χ1n) is 13.7. The average Bonchev–Trinajstić information content (AvgIpc) is 3.23. The molecule has 1 aromatic heterocycles. The summed E-state index contributed by atoms with van der Waals surface area (Å²) in [5, 5.41) is 20.3. The third-order valence-electron chi connectivity index (χ3n) is 7.98. The molecule has 6 nitrogen and oxygen atoms in total. The molecular formula is C33H36N4O2. The van der Waals surface area contributed by atoms with Crippen LogP contribution in [0.4, 0.5) is 0 Å². The van der Waals surface area contributed by atoms with Crippen LogP contribution in [0, 0.1) is 24.2 Å². The maximum absolute atomic E-state index is 10.2. The number of nitrogens with zero attached hydrogens (tertiary/aromatic N) is 3. The fraction of sp³-hybridized carbons (Fsp3) is 0.303. The fourth-order valence-electron chi connectivity index (χ4n) is 5.68. The summed E-state index contributed by atoms with van der Waals surface area (Å²) in [5.41, 5.74) is 6.51. The molecule has 3 N–H and O–H groups in total. The number of hydrogen-bond donors (Lipinski definition) is 2. The zero-order valence-corrected chi connectivity index (χ0v) is 22.7. The number of ether oxygens (including phenoxy) is 1. The Labute approximate surface area is 230 Å². The Balaban J connectivity index is 1.50. The van der Waals surface area contributed by atoms with E-state index in [1.807, 2.05) is 37.3 Å². The Morgan fingerprint density at radius 2 is 1.90 bits per heavy atom. The summed E-state index contributed by atoms with van der Waals surface area (Å²) in [4.78, 5) is 2.18. The highest BCUT2D eigenvalue weighted by Crippen LogP contribution is 2.42. The lowest BCUT2D eigenvalue weighted by atomic mass is 9.90. The van der Waals surface area contributed by atoms with E-state index in [9.17, 15) is 5.11 Å². The molecule has 0 saturated heterocycles. The standard InChI is InChI=1S/C33H36N4O2/c1-4-24(17-19-34)7-8-25-9-11-26(12-10-25)32-33-29(30-21-27(38)13-16-31(30)37(33)35)18-20-36(32)23(3)39-28-14-5-22(2)6-15-28/h5-6,9-16,21,24,32,38H,3-4,7-8,17-18,20,35H2,1-2H3. The number of hydrogen-bond acceptors (Lipinski definition) is 5. The summed E-state index contributed by atoms with van der Waals surface area (Å²) < 4.78 is 8.00. The van der Waals surface area contributed by atoms with Crippen LogP contribution in [-0.4, -0.2) is 21.2 Å². The first-order valence-corrected chi connectivity index (χ1v) is 13.7. The molecule has 4 aromatic rings. The van der Waals surface area contributed by atoms with Crippen LogP contribution in [0.1, 0.15) is 60.2 Å². The zero-order valence-electron chi connectivity index (χ0n) is 22.7. The number of rotatable bonds is 9. The van der Waals surface area contributed by atoms with Crippen molar-refractivity contribution in [2.45, 2.75) is 52.0 Å². The normalized spacial score (nSPS) is 15.5. The molecule has 1 aliphatic rings. The monoisotopic (exact) mass is 520 g/mol. The van der Waals surface area contributed by atoms with Crippen molar-refractivity contribution in [3.8, 4) is 17.6 Å². The van der Waals surface area contributed by atoms with E-state index in [0.717, 1.165) is 59.2 Å². The smallest absolute Gasteiger partial charge is 0.189 e. The molecule has 2 atom stereocenters. The third-order valence-corrected chi connectivity index (χ3v) is 7.98. The van der Waals surface area contributed by atoms with Crippen molar-refractivity contribution in [2.24, 2.45) is 5.92 Å². The molecule has 2 unspecified atom stereocenters. The van der Waals surface area contributed by atoms with Gasteiger partial charge in [0.1, 0.15) is 11.5 Å². The number of nitrogen functional groups attached to an aromatic ring is 1. The average molecular weight is 521 g/mol. The summed E-state index contributed by atoms with van der Waals surface area (Å²) in [6.07, 6.45) is 4.32. The van der Waals surface area contributed by atoms with Gasteiger partial charge in [0, 0.05) is 18.4 Å². The predicted molar refractivity (Wildman–Crippen MR) is 156 cm³/mol. The third kappa shape index (κ3) is 5.31. The van der Waals surface area contributed by atoms with E-state index in [0.29, 0.717) is 24.8 Å². The quantitative estimate of drug-likeness (QED) is 0.189. The highest BCUT2D eigenvalue weighted by atomic mass is 16.5. The minimum absolute atomic E-state index is 0.206. The SMILES string of the molecule is C=C(Oc1ccc(C)cc1)N1CCc2c(n(N)c3ccc(O)cc23)C1c1ccc(CCC(CC)CC#N)cc1. The minimum Gasteiger partial charge on any atom is -0.508 e. The van der Waals surface area contributed by atoms with Crippen LogP contribution in [0.25, 0.3) is 10.9 Å². The van der Waals surface area contributed by atoms with Crippen molar-refractivity contribution >= 4 is 10.9 Å². The van der Waals surface area contributed by atoms with Crippen molar-refractivity contribution in [1.82, 2.24) is 9.58 Å². The summed E-state index contributed by atoms with van der Waals surface area (Å²) in [6, 6.07) is 24.1. The fourth-order valence-corrected chi connectivity index (χ4v) is 5.68. The molecule has 0 aliphatic carbocycles. The van der Waals surface area contributed by atoms with E-state index in [4.69, 9.17) is 15.8 Å². The summed E-state index contributed by atoms with van der Waals surface area (Å²) in [7, 11) is 0. The molecule has 0 amide bonds. The van der Waals surface area contributed by atoms with E-state index in [-0.39, 0.29) is 11.8 Å². The molecule has 0 saturated carbocycles. The second-order valence-electron chi connectivity index (χ2n) is 10.5. The van der Waals surface area contributed by atoms with Crippen molar-refractivity contribution < 1.29 is 9.84 Å². The molecule has 200 valence electrons.